The van der Waals surface area contributed by atoms with Gasteiger partial charge in [0.2, 0.25) is 0 Å². The first kappa shape index (κ1) is 15.9. The zero-order valence-corrected chi connectivity index (χ0v) is 10.7. The smallest absolute Gasteiger partial charge is 0.320 e. The molecule has 0 heterocycles. The molecule has 4 nitrogen and oxygen atoms in total. The van der Waals surface area contributed by atoms with E-state index in [4.69, 9.17) is 16.4 Å². The lowest BCUT2D eigenvalue weighted by molar-refractivity contribution is -0.145. The van der Waals surface area contributed by atoms with Gasteiger partial charge in [0, 0.05) is 12.1 Å². The molecular formula is C13H13F3N4. The highest BCUT2D eigenvalue weighted by Gasteiger charge is 2.37. The molecule has 0 saturated heterocycles. The Morgan fingerprint density at radius 1 is 1.50 bits per heavy atom. The van der Waals surface area contributed by atoms with E-state index in [-0.39, 0.29) is 11.4 Å². The van der Waals surface area contributed by atoms with Crippen LogP contribution < -0.4 is 5.73 Å². The Morgan fingerprint density at radius 3 is 2.65 bits per heavy atom. The Kier molecular flexibility index (Phi) is 5.00. The van der Waals surface area contributed by atoms with Gasteiger partial charge in [-0.3, -0.25) is 4.99 Å². The number of aliphatic imine (C=N–C) groups is 1. The minimum absolute atomic E-state index is 0.0510. The number of nitrogens with two attached hydrogens (primary N) is 1. The summed E-state index contributed by atoms with van der Waals surface area (Å²) in [7, 11) is 0. The zero-order chi connectivity index (χ0) is 15.3. The SMILES string of the molecule is CC(=N)C(CC(N)C(F)(F)F)=Nc1cccc(C#N)c1. The second-order valence-electron chi connectivity index (χ2n) is 4.20. The van der Waals surface area contributed by atoms with Gasteiger partial charge < -0.3 is 11.1 Å². The van der Waals surface area contributed by atoms with E-state index in [0.29, 0.717) is 11.3 Å². The predicted molar refractivity (Wildman–Crippen MR) is 70.3 cm³/mol. The van der Waals surface area contributed by atoms with E-state index in [1.54, 1.807) is 18.2 Å². The zero-order valence-electron chi connectivity index (χ0n) is 10.7. The van der Waals surface area contributed by atoms with Gasteiger partial charge in [-0.15, -0.1) is 0 Å². The first-order chi connectivity index (χ1) is 9.24. The van der Waals surface area contributed by atoms with Gasteiger partial charge in [0.25, 0.3) is 0 Å². The molecule has 0 aliphatic carbocycles. The number of rotatable bonds is 4. The normalized spacial score (nSPS) is 13.7. The summed E-state index contributed by atoms with van der Waals surface area (Å²) in [6.45, 7) is 1.34. The molecule has 0 fully saturated rings. The molecule has 0 aromatic heterocycles. The first-order valence-electron chi connectivity index (χ1n) is 5.69. The van der Waals surface area contributed by atoms with Crippen molar-refractivity contribution in [1.82, 2.24) is 0 Å². The lowest BCUT2D eigenvalue weighted by Gasteiger charge is -2.16. The number of nitriles is 1. The third-order valence-corrected chi connectivity index (χ3v) is 2.51. The van der Waals surface area contributed by atoms with Crippen molar-refractivity contribution in [2.24, 2.45) is 10.7 Å². The largest absolute Gasteiger partial charge is 0.404 e. The molecule has 0 aliphatic heterocycles. The van der Waals surface area contributed by atoms with Gasteiger partial charge >= 0.3 is 6.18 Å². The van der Waals surface area contributed by atoms with Gasteiger partial charge in [-0.1, -0.05) is 6.07 Å². The Labute approximate surface area is 114 Å². The Morgan fingerprint density at radius 2 is 2.15 bits per heavy atom. The first-order valence-corrected chi connectivity index (χ1v) is 5.69. The van der Waals surface area contributed by atoms with Crippen molar-refractivity contribution in [2.45, 2.75) is 25.6 Å². The second-order valence-corrected chi connectivity index (χ2v) is 4.20. The molecule has 1 atom stereocenters. The number of nitrogens with one attached hydrogen (secondary N) is 1. The standard InChI is InChI=1S/C13H13F3N4/c1-8(18)11(6-12(19)13(14,15)16)20-10-4-2-3-9(5-10)7-17/h2-5,12,18H,6,19H2,1H3. The van der Waals surface area contributed by atoms with E-state index < -0.39 is 18.6 Å². The van der Waals surface area contributed by atoms with Crippen LogP contribution in [-0.2, 0) is 0 Å². The number of hydrogen-bond donors (Lipinski definition) is 2. The van der Waals surface area contributed by atoms with Crippen molar-refractivity contribution in [3.05, 3.63) is 29.8 Å². The molecule has 1 unspecified atom stereocenters. The summed E-state index contributed by atoms with van der Waals surface area (Å²) in [5, 5.41) is 16.2. The summed E-state index contributed by atoms with van der Waals surface area (Å²) >= 11 is 0. The van der Waals surface area contributed by atoms with Crippen molar-refractivity contribution in [1.29, 1.82) is 10.7 Å². The maximum Gasteiger partial charge on any atom is 0.404 e. The minimum atomic E-state index is -4.54. The average Bonchev–Trinajstić information content (AvgIpc) is 2.36. The molecular weight excluding hydrogens is 269 g/mol. The van der Waals surface area contributed by atoms with Crippen LogP contribution in [0.1, 0.15) is 18.9 Å². The number of benzene rings is 1. The number of alkyl halides is 3. The van der Waals surface area contributed by atoms with Crippen LogP contribution in [0.5, 0.6) is 0 Å². The third kappa shape index (κ3) is 4.48. The van der Waals surface area contributed by atoms with Crippen LogP contribution in [0.25, 0.3) is 0 Å². The Hall–Kier alpha value is -2.20. The summed E-state index contributed by atoms with van der Waals surface area (Å²) < 4.78 is 37.3. The fourth-order valence-corrected chi connectivity index (χ4v) is 1.41. The summed E-state index contributed by atoms with van der Waals surface area (Å²) in [6, 6.07) is 5.94. The molecule has 0 radical (unpaired) electrons. The maximum atomic E-state index is 12.4. The average molecular weight is 282 g/mol. The summed E-state index contributed by atoms with van der Waals surface area (Å²) in [5.41, 5.74) is 5.56. The van der Waals surface area contributed by atoms with Crippen molar-refractivity contribution in [3.8, 4) is 6.07 Å². The molecule has 0 aliphatic rings. The maximum absolute atomic E-state index is 12.4. The monoisotopic (exact) mass is 282 g/mol. The van der Waals surface area contributed by atoms with E-state index in [1.807, 2.05) is 6.07 Å². The molecule has 7 heteroatoms. The van der Waals surface area contributed by atoms with Crippen molar-refractivity contribution in [2.75, 3.05) is 0 Å². The van der Waals surface area contributed by atoms with Crippen LogP contribution in [-0.4, -0.2) is 23.6 Å². The fourth-order valence-electron chi connectivity index (χ4n) is 1.41. The summed E-state index contributed by atoms with van der Waals surface area (Å²) in [4.78, 5) is 3.98. The molecule has 0 spiro atoms. The van der Waals surface area contributed by atoms with Crippen LogP contribution in [0, 0.1) is 16.7 Å². The van der Waals surface area contributed by atoms with E-state index in [2.05, 4.69) is 4.99 Å². The van der Waals surface area contributed by atoms with Crippen LogP contribution in [0.2, 0.25) is 0 Å². The van der Waals surface area contributed by atoms with Gasteiger partial charge in [0.05, 0.1) is 23.0 Å². The van der Waals surface area contributed by atoms with E-state index in [0.717, 1.165) is 0 Å². The molecule has 1 rings (SSSR count). The van der Waals surface area contributed by atoms with Gasteiger partial charge in [-0.25, -0.2) is 0 Å². The minimum Gasteiger partial charge on any atom is -0.320 e. The van der Waals surface area contributed by atoms with Crippen molar-refractivity contribution < 1.29 is 13.2 Å². The third-order valence-electron chi connectivity index (χ3n) is 2.51. The van der Waals surface area contributed by atoms with Gasteiger partial charge in [-0.2, -0.15) is 18.4 Å². The van der Waals surface area contributed by atoms with Crippen molar-refractivity contribution >= 4 is 17.1 Å². The van der Waals surface area contributed by atoms with Gasteiger partial charge in [0.1, 0.15) is 6.04 Å². The van der Waals surface area contributed by atoms with Gasteiger partial charge in [0.15, 0.2) is 0 Å². The summed E-state index contributed by atoms with van der Waals surface area (Å²) in [5.74, 6) is 0. The quantitative estimate of drug-likeness (QED) is 0.832. The summed E-state index contributed by atoms with van der Waals surface area (Å²) in [6.07, 6.45) is -5.11. The second kappa shape index (κ2) is 6.30. The highest BCUT2D eigenvalue weighted by molar-refractivity contribution is 6.40. The van der Waals surface area contributed by atoms with Crippen LogP contribution in [0.3, 0.4) is 0 Å². The molecule has 20 heavy (non-hydrogen) atoms. The molecule has 1 aromatic carbocycles. The number of hydrogen-bond acceptors (Lipinski definition) is 4. The van der Waals surface area contributed by atoms with E-state index in [9.17, 15) is 13.2 Å². The topological polar surface area (TPSA) is 86.0 Å². The predicted octanol–water partition coefficient (Wildman–Crippen LogP) is 2.95. The molecule has 106 valence electrons. The highest BCUT2D eigenvalue weighted by atomic mass is 19.4. The van der Waals surface area contributed by atoms with Crippen LogP contribution in [0.4, 0.5) is 18.9 Å². The number of nitrogens with zero attached hydrogens (tertiary/aromatic N) is 2. The fraction of sp³-hybridized carbons (Fsp3) is 0.308. The van der Waals surface area contributed by atoms with Crippen LogP contribution >= 0.6 is 0 Å². The van der Waals surface area contributed by atoms with E-state index >= 15 is 0 Å². The number of halogens is 3. The molecule has 3 N–H and O–H groups in total. The molecule has 0 amide bonds. The lowest BCUT2D eigenvalue weighted by Crippen LogP contribution is -2.40. The van der Waals surface area contributed by atoms with Crippen molar-refractivity contribution in [3.63, 3.8) is 0 Å². The van der Waals surface area contributed by atoms with E-state index in [1.165, 1.54) is 13.0 Å². The Balaban J connectivity index is 3.05. The lowest BCUT2D eigenvalue weighted by atomic mass is 10.1. The van der Waals surface area contributed by atoms with Crippen LogP contribution in [0.15, 0.2) is 29.3 Å². The highest BCUT2D eigenvalue weighted by Crippen LogP contribution is 2.22. The van der Waals surface area contributed by atoms with Gasteiger partial charge in [-0.05, 0) is 25.1 Å². The molecule has 1 aromatic rings. The molecule has 0 bridgehead atoms. The molecule has 0 saturated carbocycles. The Bertz CT molecular complexity index is 570.